The lowest BCUT2D eigenvalue weighted by atomic mass is 9.80. The van der Waals surface area contributed by atoms with Crippen molar-refractivity contribution in [1.29, 1.82) is 0 Å². The fourth-order valence-electron chi connectivity index (χ4n) is 2.74. The average Bonchev–Trinajstić information content (AvgIpc) is 2.28. The van der Waals surface area contributed by atoms with Gasteiger partial charge >= 0.3 is 0 Å². The van der Waals surface area contributed by atoms with Crippen LogP contribution < -0.4 is 0 Å². The van der Waals surface area contributed by atoms with E-state index in [1.54, 1.807) is 0 Å². The molecule has 0 spiro atoms. The van der Waals surface area contributed by atoms with E-state index in [9.17, 15) is 0 Å². The Morgan fingerprint density at radius 1 is 1.08 bits per heavy atom. The first-order valence-corrected chi connectivity index (χ1v) is 6.25. The van der Waals surface area contributed by atoms with Crippen molar-refractivity contribution in [2.75, 3.05) is 0 Å². The maximum atomic E-state index is 2.48. The van der Waals surface area contributed by atoms with E-state index in [1.807, 2.05) is 0 Å². The maximum absolute atomic E-state index is 2.48. The highest BCUT2D eigenvalue weighted by molar-refractivity contribution is 4.75. The topological polar surface area (TPSA) is 0 Å². The zero-order valence-electron chi connectivity index (χ0n) is 9.68. The Morgan fingerprint density at radius 3 is 2.46 bits per heavy atom. The first kappa shape index (κ1) is 11.1. The van der Waals surface area contributed by atoms with Gasteiger partial charge in [-0.3, -0.25) is 0 Å². The predicted molar refractivity (Wildman–Crippen MR) is 59.8 cm³/mol. The van der Waals surface area contributed by atoms with E-state index in [0.717, 1.165) is 17.8 Å². The molecule has 0 heteroatoms. The fourth-order valence-corrected chi connectivity index (χ4v) is 2.74. The molecule has 1 aliphatic rings. The number of hydrogen-bond donors (Lipinski definition) is 0. The quantitative estimate of drug-likeness (QED) is 0.558. The molecule has 1 rings (SSSR count). The molecule has 0 N–H and O–H groups in total. The number of unbranched alkanes of at least 4 members (excludes halogenated alkanes) is 1. The molecule has 0 radical (unpaired) electrons. The lowest BCUT2D eigenvalue weighted by molar-refractivity contribution is 0.247. The van der Waals surface area contributed by atoms with Crippen LogP contribution in [0.15, 0.2) is 0 Å². The molecule has 78 valence electrons. The van der Waals surface area contributed by atoms with Gasteiger partial charge in [0.25, 0.3) is 0 Å². The molecule has 13 heavy (non-hydrogen) atoms. The minimum Gasteiger partial charge on any atom is -0.0654 e. The van der Waals surface area contributed by atoms with Crippen LogP contribution in [0, 0.1) is 17.8 Å². The standard InChI is InChI=1S/C13H26/c1-4-5-9-13-10-7-6-8-11(2)12(13)3/h11-13H,4-10H2,1-3H3. The molecule has 1 aliphatic carbocycles. The van der Waals surface area contributed by atoms with Gasteiger partial charge in [0.1, 0.15) is 0 Å². The largest absolute Gasteiger partial charge is 0.0654 e. The smallest absolute Gasteiger partial charge is 0.0386 e. The molecule has 1 saturated carbocycles. The highest BCUT2D eigenvalue weighted by Crippen LogP contribution is 2.35. The third-order valence-corrected chi connectivity index (χ3v) is 4.05. The predicted octanol–water partition coefficient (Wildman–Crippen LogP) is 4.64. The van der Waals surface area contributed by atoms with Gasteiger partial charge in [0.05, 0.1) is 0 Å². The third-order valence-electron chi connectivity index (χ3n) is 4.05. The van der Waals surface area contributed by atoms with Crippen LogP contribution in [0.25, 0.3) is 0 Å². The van der Waals surface area contributed by atoms with Crippen LogP contribution in [-0.4, -0.2) is 0 Å². The Labute approximate surface area is 84.1 Å². The van der Waals surface area contributed by atoms with Crippen LogP contribution in [0.4, 0.5) is 0 Å². The minimum atomic E-state index is 0.976. The van der Waals surface area contributed by atoms with Gasteiger partial charge < -0.3 is 0 Å². The second kappa shape index (κ2) is 5.67. The van der Waals surface area contributed by atoms with E-state index >= 15 is 0 Å². The first-order chi connectivity index (χ1) is 6.25. The van der Waals surface area contributed by atoms with Gasteiger partial charge in [0.15, 0.2) is 0 Å². The summed E-state index contributed by atoms with van der Waals surface area (Å²) < 4.78 is 0. The average molecular weight is 182 g/mol. The van der Waals surface area contributed by atoms with Gasteiger partial charge in [-0.25, -0.2) is 0 Å². The lowest BCUT2D eigenvalue weighted by Gasteiger charge is -2.25. The summed E-state index contributed by atoms with van der Waals surface area (Å²) >= 11 is 0. The van der Waals surface area contributed by atoms with Crippen LogP contribution in [0.5, 0.6) is 0 Å². The molecule has 0 aromatic rings. The molecule has 3 atom stereocenters. The van der Waals surface area contributed by atoms with E-state index in [2.05, 4.69) is 20.8 Å². The summed E-state index contributed by atoms with van der Waals surface area (Å²) in [5.41, 5.74) is 0. The molecule has 0 saturated heterocycles. The van der Waals surface area contributed by atoms with Crippen LogP contribution in [0.3, 0.4) is 0 Å². The van der Waals surface area contributed by atoms with Gasteiger partial charge in [0.2, 0.25) is 0 Å². The van der Waals surface area contributed by atoms with Gasteiger partial charge in [-0.05, 0) is 17.8 Å². The second-order valence-corrected chi connectivity index (χ2v) is 5.02. The fraction of sp³-hybridized carbons (Fsp3) is 1.00. The van der Waals surface area contributed by atoms with Crippen molar-refractivity contribution in [3.63, 3.8) is 0 Å². The van der Waals surface area contributed by atoms with Crippen molar-refractivity contribution in [2.24, 2.45) is 17.8 Å². The second-order valence-electron chi connectivity index (χ2n) is 5.02. The monoisotopic (exact) mass is 182 g/mol. The van der Waals surface area contributed by atoms with Crippen molar-refractivity contribution in [3.8, 4) is 0 Å². The van der Waals surface area contributed by atoms with Gasteiger partial charge in [-0.1, -0.05) is 65.7 Å². The third kappa shape index (κ3) is 3.32. The number of hydrogen-bond acceptors (Lipinski definition) is 0. The lowest BCUT2D eigenvalue weighted by Crippen LogP contribution is -2.16. The SMILES string of the molecule is CCCCC1CCCCC(C)C1C. The Kier molecular flexibility index (Phi) is 4.83. The highest BCUT2D eigenvalue weighted by Gasteiger charge is 2.24. The van der Waals surface area contributed by atoms with Gasteiger partial charge in [0, 0.05) is 0 Å². The molecule has 1 fully saturated rings. The molecular formula is C13H26. The zero-order valence-corrected chi connectivity index (χ0v) is 9.68. The summed E-state index contributed by atoms with van der Waals surface area (Å²) in [6, 6.07) is 0. The van der Waals surface area contributed by atoms with Crippen molar-refractivity contribution >= 4 is 0 Å². The molecule has 0 aromatic carbocycles. The van der Waals surface area contributed by atoms with E-state index in [0.29, 0.717) is 0 Å². The molecule has 0 aromatic heterocycles. The Hall–Kier alpha value is 0. The molecule has 0 amide bonds. The van der Waals surface area contributed by atoms with Crippen LogP contribution in [0.1, 0.15) is 65.7 Å². The van der Waals surface area contributed by atoms with Crippen molar-refractivity contribution < 1.29 is 0 Å². The van der Waals surface area contributed by atoms with Crippen molar-refractivity contribution in [3.05, 3.63) is 0 Å². The van der Waals surface area contributed by atoms with Crippen LogP contribution in [0.2, 0.25) is 0 Å². The summed E-state index contributed by atoms with van der Waals surface area (Å²) in [7, 11) is 0. The van der Waals surface area contributed by atoms with Crippen molar-refractivity contribution in [2.45, 2.75) is 65.7 Å². The number of rotatable bonds is 3. The molecular weight excluding hydrogens is 156 g/mol. The normalized spacial score (nSPS) is 35.8. The summed E-state index contributed by atoms with van der Waals surface area (Å²) in [6.07, 6.45) is 10.3. The Balaban J connectivity index is 2.39. The van der Waals surface area contributed by atoms with E-state index < -0.39 is 0 Å². The summed E-state index contributed by atoms with van der Waals surface area (Å²) in [5.74, 6) is 3.00. The van der Waals surface area contributed by atoms with Crippen LogP contribution in [-0.2, 0) is 0 Å². The molecule has 0 heterocycles. The highest BCUT2D eigenvalue weighted by atomic mass is 14.3. The summed E-state index contributed by atoms with van der Waals surface area (Å²) in [4.78, 5) is 0. The Bertz CT molecular complexity index is 128. The maximum Gasteiger partial charge on any atom is -0.0386 e. The zero-order chi connectivity index (χ0) is 9.68. The van der Waals surface area contributed by atoms with Crippen LogP contribution >= 0.6 is 0 Å². The molecule has 0 nitrogen and oxygen atoms in total. The van der Waals surface area contributed by atoms with Gasteiger partial charge in [-0.2, -0.15) is 0 Å². The molecule has 0 bridgehead atoms. The van der Waals surface area contributed by atoms with Gasteiger partial charge in [-0.15, -0.1) is 0 Å². The summed E-state index contributed by atoms with van der Waals surface area (Å²) in [5, 5.41) is 0. The first-order valence-electron chi connectivity index (χ1n) is 6.25. The molecule has 3 unspecified atom stereocenters. The van der Waals surface area contributed by atoms with E-state index in [4.69, 9.17) is 0 Å². The molecule has 0 aliphatic heterocycles. The van der Waals surface area contributed by atoms with Crippen molar-refractivity contribution in [1.82, 2.24) is 0 Å². The summed E-state index contributed by atoms with van der Waals surface area (Å²) in [6.45, 7) is 7.25. The van der Waals surface area contributed by atoms with E-state index in [-0.39, 0.29) is 0 Å². The Morgan fingerprint density at radius 2 is 1.77 bits per heavy atom. The van der Waals surface area contributed by atoms with E-state index in [1.165, 1.54) is 44.9 Å². The minimum absolute atomic E-state index is 0.976.